The lowest BCUT2D eigenvalue weighted by atomic mass is 9.60. The summed E-state index contributed by atoms with van der Waals surface area (Å²) in [4.78, 5) is 12.8. The Hall–Kier alpha value is -1.53. The molecule has 18 heteroatoms. The van der Waals surface area contributed by atoms with Gasteiger partial charge in [0.05, 0.1) is 0 Å². The monoisotopic (exact) mass is 688 g/mol. The summed E-state index contributed by atoms with van der Waals surface area (Å²) in [5, 5.41) is 0. The number of hydrogen-bond acceptors (Lipinski definition) is 6. The van der Waals surface area contributed by atoms with Gasteiger partial charge >= 0.3 is 30.7 Å². The third-order valence-corrected chi connectivity index (χ3v) is 8.81. The first kappa shape index (κ1) is 41.5. The zero-order valence-electron chi connectivity index (χ0n) is 25.9. The molecule has 1 rings (SSSR count). The second-order valence-corrected chi connectivity index (χ2v) is 11.8. The van der Waals surface area contributed by atoms with Crippen molar-refractivity contribution in [1.82, 2.24) is 0 Å². The van der Waals surface area contributed by atoms with Gasteiger partial charge in [0.25, 0.3) is 5.60 Å². The van der Waals surface area contributed by atoms with Gasteiger partial charge in [0.15, 0.2) is 11.0 Å². The fraction of sp³-hybridized carbons (Fsp3) is 0.963. The van der Waals surface area contributed by atoms with Gasteiger partial charge in [-0.1, -0.05) is 6.92 Å². The zero-order valence-corrected chi connectivity index (χ0v) is 25.9. The van der Waals surface area contributed by atoms with Gasteiger partial charge in [-0.15, -0.1) is 0 Å². The molecule has 0 aromatic rings. The van der Waals surface area contributed by atoms with Crippen molar-refractivity contribution in [2.24, 2.45) is 23.2 Å². The van der Waals surface area contributed by atoms with Crippen LogP contribution < -0.4 is 0 Å². The van der Waals surface area contributed by atoms with E-state index < -0.39 is 110 Å². The molecule has 0 bridgehead atoms. The Kier molecular flexibility index (Phi) is 13.2. The molecular formula is C27H40F12O6. The first-order chi connectivity index (χ1) is 20.1. The Bertz CT molecular complexity index is 948. The summed E-state index contributed by atoms with van der Waals surface area (Å²) < 4.78 is 196. The van der Waals surface area contributed by atoms with E-state index in [1.165, 1.54) is 13.8 Å². The number of ether oxygens (including phenoxy) is 5. The molecule has 1 saturated carbocycles. The summed E-state index contributed by atoms with van der Waals surface area (Å²) >= 11 is 0. The van der Waals surface area contributed by atoms with Crippen LogP contribution >= 0.6 is 0 Å². The smallest absolute Gasteiger partial charge is 0.426 e. The molecule has 6 nitrogen and oxygen atoms in total. The number of carbonyl (C=O) groups excluding carboxylic acids is 1. The average Bonchev–Trinajstić information content (AvgIpc) is 2.87. The molecule has 45 heavy (non-hydrogen) atoms. The van der Waals surface area contributed by atoms with E-state index in [1.807, 2.05) is 0 Å². The average molecular weight is 689 g/mol. The lowest BCUT2D eigenvalue weighted by Crippen LogP contribution is -2.66. The molecule has 5 atom stereocenters. The van der Waals surface area contributed by atoms with Gasteiger partial charge in [0, 0.05) is 19.1 Å². The third-order valence-electron chi connectivity index (χ3n) is 8.81. The van der Waals surface area contributed by atoms with Gasteiger partial charge in [0.1, 0.15) is 19.2 Å². The van der Waals surface area contributed by atoms with Crippen molar-refractivity contribution in [2.45, 2.75) is 116 Å². The summed E-state index contributed by atoms with van der Waals surface area (Å²) in [7, 11) is 0. The van der Waals surface area contributed by atoms with Crippen LogP contribution in [0.5, 0.6) is 0 Å². The molecule has 0 heterocycles. The molecule has 0 radical (unpaired) electrons. The molecule has 268 valence electrons. The van der Waals surface area contributed by atoms with E-state index in [4.69, 9.17) is 14.2 Å². The number of carbonyl (C=O) groups is 1. The first-order valence-corrected chi connectivity index (χ1v) is 14.1. The van der Waals surface area contributed by atoms with Crippen LogP contribution in [0.3, 0.4) is 0 Å². The van der Waals surface area contributed by atoms with Gasteiger partial charge in [-0.05, 0) is 79.1 Å². The molecule has 1 aliphatic rings. The summed E-state index contributed by atoms with van der Waals surface area (Å²) in [5.41, 5.74) is -13.9. The highest BCUT2D eigenvalue weighted by Crippen LogP contribution is 2.59. The standard InChI is InChI=1S/C27H40F12O6/c1-8-21(6,24(28,29)30)19(40)45-20(4,5)16-11-17(22(7,25(31,32)33)43-14-41-9-2)13-18(12-16)23(26(34,35)36,27(37,38)39)44-15-42-10-3/h16-18H,8-15H2,1-7H3. The normalized spacial score (nSPS) is 23.8. The van der Waals surface area contributed by atoms with Crippen molar-refractivity contribution < 1.29 is 81.2 Å². The van der Waals surface area contributed by atoms with Crippen LogP contribution in [0.15, 0.2) is 0 Å². The van der Waals surface area contributed by atoms with Crippen molar-refractivity contribution in [3.63, 3.8) is 0 Å². The molecule has 0 aliphatic heterocycles. The van der Waals surface area contributed by atoms with Gasteiger partial charge in [-0.25, -0.2) is 0 Å². The number of esters is 1. The summed E-state index contributed by atoms with van der Waals surface area (Å²) in [5.74, 6) is -8.69. The molecule has 1 aliphatic carbocycles. The van der Waals surface area contributed by atoms with E-state index in [1.54, 1.807) is 0 Å². The quantitative estimate of drug-likeness (QED) is 0.0790. The lowest BCUT2D eigenvalue weighted by Gasteiger charge is -2.52. The van der Waals surface area contributed by atoms with Gasteiger partial charge in [0.2, 0.25) is 0 Å². The van der Waals surface area contributed by atoms with Crippen molar-refractivity contribution >= 4 is 5.97 Å². The maximum atomic E-state index is 14.6. The van der Waals surface area contributed by atoms with E-state index in [-0.39, 0.29) is 13.2 Å². The topological polar surface area (TPSA) is 63.2 Å². The largest absolute Gasteiger partial charge is 0.459 e. The van der Waals surface area contributed by atoms with Gasteiger partial charge in [-0.3, -0.25) is 4.79 Å². The van der Waals surface area contributed by atoms with E-state index in [0.717, 1.165) is 20.8 Å². The number of halogens is 12. The highest BCUT2D eigenvalue weighted by Gasteiger charge is 2.77. The molecule has 0 N–H and O–H groups in total. The van der Waals surface area contributed by atoms with Crippen LogP contribution in [-0.4, -0.2) is 74.3 Å². The third kappa shape index (κ3) is 8.50. The zero-order chi connectivity index (χ0) is 35.5. The molecule has 1 fully saturated rings. The van der Waals surface area contributed by atoms with Gasteiger partial charge < -0.3 is 23.7 Å². The van der Waals surface area contributed by atoms with Crippen LogP contribution in [0.2, 0.25) is 0 Å². The van der Waals surface area contributed by atoms with Crippen LogP contribution in [0.1, 0.15) is 74.1 Å². The molecule has 5 unspecified atom stereocenters. The number of hydrogen-bond donors (Lipinski definition) is 0. The predicted molar refractivity (Wildman–Crippen MR) is 133 cm³/mol. The van der Waals surface area contributed by atoms with Crippen molar-refractivity contribution in [3.05, 3.63) is 0 Å². The maximum Gasteiger partial charge on any atom is 0.426 e. The SMILES string of the molecule is CCOCOC(C)(C1CC(C(C)(C)OC(=O)C(C)(CC)C(F)(F)F)CC(C(OCOCC)(C(F)(F)F)C(F)(F)F)C1)C(F)(F)F. The molecular weight excluding hydrogens is 648 g/mol. The molecule has 0 spiro atoms. The van der Waals surface area contributed by atoms with Crippen LogP contribution in [0.25, 0.3) is 0 Å². The number of rotatable bonds is 14. The summed E-state index contributed by atoms with van der Waals surface area (Å²) in [6, 6.07) is 0. The van der Waals surface area contributed by atoms with E-state index >= 15 is 0 Å². The fourth-order valence-electron chi connectivity index (χ4n) is 5.37. The van der Waals surface area contributed by atoms with Crippen molar-refractivity contribution in [2.75, 3.05) is 26.8 Å². The van der Waals surface area contributed by atoms with Crippen molar-refractivity contribution in [3.8, 4) is 0 Å². The number of alkyl halides is 12. The predicted octanol–water partition coefficient (Wildman–Crippen LogP) is 8.52. The highest BCUT2D eigenvalue weighted by atomic mass is 19.4. The Morgan fingerprint density at radius 3 is 1.40 bits per heavy atom. The minimum Gasteiger partial charge on any atom is -0.459 e. The minimum atomic E-state index is -6.27. The maximum absolute atomic E-state index is 14.6. The Morgan fingerprint density at radius 2 is 1.02 bits per heavy atom. The fourth-order valence-corrected chi connectivity index (χ4v) is 5.37. The molecule has 0 aromatic heterocycles. The molecule has 0 saturated heterocycles. The van der Waals surface area contributed by atoms with Crippen LogP contribution in [0.4, 0.5) is 52.7 Å². The van der Waals surface area contributed by atoms with E-state index in [9.17, 15) is 57.5 Å². The van der Waals surface area contributed by atoms with E-state index in [2.05, 4.69) is 9.47 Å². The Balaban J connectivity index is 3.93. The minimum absolute atomic E-state index is 0.154. The molecule has 0 amide bonds. The summed E-state index contributed by atoms with van der Waals surface area (Å²) in [6.07, 6.45) is -27.4. The Labute approximate surface area is 253 Å². The van der Waals surface area contributed by atoms with Crippen molar-refractivity contribution in [1.29, 1.82) is 0 Å². The Morgan fingerprint density at radius 1 is 0.600 bits per heavy atom. The van der Waals surface area contributed by atoms with Gasteiger partial charge in [-0.2, -0.15) is 52.7 Å². The molecule has 0 aromatic carbocycles. The second-order valence-electron chi connectivity index (χ2n) is 11.8. The second kappa shape index (κ2) is 14.3. The van der Waals surface area contributed by atoms with Crippen LogP contribution in [0, 0.1) is 23.2 Å². The highest BCUT2D eigenvalue weighted by molar-refractivity contribution is 5.77. The first-order valence-electron chi connectivity index (χ1n) is 14.1. The lowest BCUT2D eigenvalue weighted by molar-refractivity contribution is -0.415. The van der Waals surface area contributed by atoms with E-state index in [0.29, 0.717) is 13.8 Å². The summed E-state index contributed by atoms with van der Waals surface area (Å²) in [6.45, 7) is 3.25. The van der Waals surface area contributed by atoms with Crippen LogP contribution in [-0.2, 0) is 28.5 Å².